The molecule has 0 aromatic heterocycles. The van der Waals surface area contributed by atoms with Crippen molar-refractivity contribution in [2.45, 2.75) is 32.6 Å². The number of allylic oxidation sites excluding steroid dienone is 2. The number of rotatable bonds is 3. The summed E-state index contributed by atoms with van der Waals surface area (Å²) in [6, 6.07) is 7.74. The smallest absolute Gasteiger partial charge is 0.307 e. The van der Waals surface area contributed by atoms with Gasteiger partial charge < -0.3 is 10.4 Å². The summed E-state index contributed by atoms with van der Waals surface area (Å²) in [4.78, 5) is 24.4. The summed E-state index contributed by atoms with van der Waals surface area (Å²) in [5.41, 5.74) is 1.74. The fourth-order valence-electron chi connectivity index (χ4n) is 3.98. The highest BCUT2D eigenvalue weighted by molar-refractivity contribution is 5.97. The van der Waals surface area contributed by atoms with E-state index in [1.54, 1.807) is 0 Å². The van der Waals surface area contributed by atoms with Crippen molar-refractivity contribution < 1.29 is 14.7 Å². The molecule has 4 nitrogen and oxygen atoms in total. The molecule has 2 aliphatic rings. The van der Waals surface area contributed by atoms with E-state index in [0.29, 0.717) is 0 Å². The van der Waals surface area contributed by atoms with Gasteiger partial charge in [0.05, 0.1) is 11.8 Å². The van der Waals surface area contributed by atoms with Crippen LogP contribution in [0.15, 0.2) is 36.4 Å². The van der Waals surface area contributed by atoms with Crippen molar-refractivity contribution in [2.24, 2.45) is 23.7 Å². The van der Waals surface area contributed by atoms with Crippen molar-refractivity contribution in [1.82, 2.24) is 0 Å². The number of amides is 1. The van der Waals surface area contributed by atoms with Crippen LogP contribution in [-0.2, 0) is 15.0 Å². The number of nitrogens with one attached hydrogen (secondary N) is 1. The Morgan fingerprint density at radius 2 is 1.70 bits per heavy atom. The molecule has 4 atom stereocenters. The highest BCUT2D eigenvalue weighted by atomic mass is 16.4. The monoisotopic (exact) mass is 313 g/mol. The average molecular weight is 313 g/mol. The van der Waals surface area contributed by atoms with Gasteiger partial charge in [-0.25, -0.2) is 0 Å². The van der Waals surface area contributed by atoms with E-state index >= 15 is 0 Å². The van der Waals surface area contributed by atoms with Crippen LogP contribution in [0, 0.1) is 23.7 Å². The van der Waals surface area contributed by atoms with Crippen LogP contribution >= 0.6 is 0 Å². The maximum Gasteiger partial charge on any atom is 0.307 e. The molecule has 1 fully saturated rings. The first-order valence-corrected chi connectivity index (χ1v) is 8.10. The number of benzene rings is 1. The summed E-state index contributed by atoms with van der Waals surface area (Å²) in [5.74, 6) is -2.09. The standard InChI is InChI=1S/C19H23NO3/c1-19(2,3)13-6-4-5-7-14(13)20-17(21)15-11-8-9-12(10-11)16(15)18(22)23/h4-9,11-12,15-16H,10H2,1-3H3,(H,20,21)(H,22,23). The molecule has 1 aromatic rings. The minimum atomic E-state index is -0.869. The van der Waals surface area contributed by atoms with Crippen LogP contribution in [0.25, 0.3) is 0 Å². The van der Waals surface area contributed by atoms with Crippen molar-refractivity contribution >= 4 is 17.6 Å². The van der Waals surface area contributed by atoms with Gasteiger partial charge in [-0.3, -0.25) is 9.59 Å². The van der Waals surface area contributed by atoms with E-state index in [0.717, 1.165) is 17.7 Å². The van der Waals surface area contributed by atoms with E-state index in [1.165, 1.54) is 0 Å². The molecule has 2 aliphatic carbocycles. The second kappa shape index (κ2) is 5.52. The number of hydrogen-bond acceptors (Lipinski definition) is 2. The number of carbonyl (C=O) groups is 2. The largest absolute Gasteiger partial charge is 0.481 e. The first kappa shape index (κ1) is 15.8. The van der Waals surface area contributed by atoms with Crippen molar-refractivity contribution in [1.29, 1.82) is 0 Å². The van der Waals surface area contributed by atoms with Gasteiger partial charge in [-0.15, -0.1) is 0 Å². The van der Waals surface area contributed by atoms with Crippen LogP contribution < -0.4 is 5.32 Å². The third kappa shape index (κ3) is 2.78. The molecule has 3 rings (SSSR count). The van der Waals surface area contributed by atoms with Crippen molar-refractivity contribution in [3.8, 4) is 0 Å². The topological polar surface area (TPSA) is 66.4 Å². The van der Waals surface area contributed by atoms with Gasteiger partial charge in [0, 0.05) is 5.69 Å². The molecule has 1 amide bonds. The minimum Gasteiger partial charge on any atom is -0.481 e. The third-order valence-corrected chi connectivity index (χ3v) is 5.04. The lowest BCUT2D eigenvalue weighted by atomic mass is 9.82. The van der Waals surface area contributed by atoms with Crippen LogP contribution in [0.5, 0.6) is 0 Å². The fraction of sp³-hybridized carbons (Fsp3) is 0.474. The SMILES string of the molecule is CC(C)(C)c1ccccc1NC(=O)C1C2C=CC(C2)C1C(=O)O. The normalized spacial score (nSPS) is 28.8. The summed E-state index contributed by atoms with van der Waals surface area (Å²) < 4.78 is 0. The van der Waals surface area contributed by atoms with E-state index in [9.17, 15) is 14.7 Å². The Kier molecular flexibility index (Phi) is 3.78. The van der Waals surface area contributed by atoms with Crippen LogP contribution in [0.4, 0.5) is 5.69 Å². The van der Waals surface area contributed by atoms with E-state index in [4.69, 9.17) is 0 Å². The molecule has 122 valence electrons. The first-order valence-electron chi connectivity index (χ1n) is 8.10. The lowest BCUT2D eigenvalue weighted by Crippen LogP contribution is -2.36. The van der Waals surface area contributed by atoms with Crippen molar-refractivity contribution in [3.63, 3.8) is 0 Å². The van der Waals surface area contributed by atoms with Crippen LogP contribution in [0.1, 0.15) is 32.8 Å². The van der Waals surface area contributed by atoms with E-state index in [2.05, 4.69) is 26.1 Å². The summed E-state index contributed by atoms with van der Waals surface area (Å²) in [7, 11) is 0. The van der Waals surface area contributed by atoms with Crippen molar-refractivity contribution in [2.75, 3.05) is 5.32 Å². The molecule has 1 saturated carbocycles. The van der Waals surface area contributed by atoms with Gasteiger partial charge in [-0.1, -0.05) is 51.1 Å². The summed E-state index contributed by atoms with van der Waals surface area (Å²) in [6.45, 7) is 6.29. The Morgan fingerprint density at radius 3 is 2.30 bits per heavy atom. The summed E-state index contributed by atoms with van der Waals surface area (Å²) >= 11 is 0. The molecule has 4 unspecified atom stereocenters. The first-order chi connectivity index (χ1) is 10.8. The molecular weight excluding hydrogens is 290 g/mol. The Balaban J connectivity index is 1.86. The zero-order valence-electron chi connectivity index (χ0n) is 13.7. The second-order valence-corrected chi connectivity index (χ2v) is 7.62. The second-order valence-electron chi connectivity index (χ2n) is 7.62. The van der Waals surface area contributed by atoms with E-state index in [-0.39, 0.29) is 23.2 Å². The summed E-state index contributed by atoms with van der Waals surface area (Å²) in [5, 5.41) is 12.5. The predicted molar refractivity (Wildman–Crippen MR) is 89.1 cm³/mol. The van der Waals surface area contributed by atoms with Gasteiger partial charge in [-0.05, 0) is 35.3 Å². The number of hydrogen-bond donors (Lipinski definition) is 2. The molecule has 23 heavy (non-hydrogen) atoms. The van der Waals surface area contributed by atoms with Crippen molar-refractivity contribution in [3.05, 3.63) is 42.0 Å². The number of fused-ring (bicyclic) bond motifs is 2. The third-order valence-electron chi connectivity index (χ3n) is 5.04. The lowest BCUT2D eigenvalue weighted by Gasteiger charge is -2.27. The zero-order valence-corrected chi connectivity index (χ0v) is 13.7. The fourth-order valence-corrected chi connectivity index (χ4v) is 3.98. The van der Waals surface area contributed by atoms with E-state index < -0.39 is 17.8 Å². The maximum absolute atomic E-state index is 12.8. The quantitative estimate of drug-likeness (QED) is 0.840. The summed E-state index contributed by atoms with van der Waals surface area (Å²) in [6.07, 6.45) is 4.73. The number of anilines is 1. The molecule has 0 spiro atoms. The Labute approximate surface area is 136 Å². The molecule has 4 heteroatoms. The zero-order chi connectivity index (χ0) is 16.8. The maximum atomic E-state index is 12.8. The highest BCUT2D eigenvalue weighted by Crippen LogP contribution is 2.48. The minimum absolute atomic E-state index is 0.00823. The van der Waals surface area contributed by atoms with Gasteiger partial charge in [0.15, 0.2) is 0 Å². The Bertz CT molecular complexity index is 671. The number of carboxylic acid groups (broad SMARTS) is 1. The molecule has 2 N–H and O–H groups in total. The van der Waals surface area contributed by atoms with Gasteiger partial charge in [0.2, 0.25) is 5.91 Å². The number of carbonyl (C=O) groups excluding carboxylic acids is 1. The number of para-hydroxylation sites is 1. The number of aliphatic carboxylic acids is 1. The Hall–Kier alpha value is -2.10. The van der Waals surface area contributed by atoms with Crippen LogP contribution in [-0.4, -0.2) is 17.0 Å². The predicted octanol–water partition coefficient (Wildman–Crippen LogP) is 3.45. The van der Waals surface area contributed by atoms with E-state index in [1.807, 2.05) is 36.4 Å². The average Bonchev–Trinajstić information content (AvgIpc) is 3.07. The molecule has 0 heterocycles. The lowest BCUT2D eigenvalue weighted by molar-refractivity contribution is -0.146. The molecular formula is C19H23NO3. The molecule has 1 aromatic carbocycles. The van der Waals surface area contributed by atoms with Gasteiger partial charge in [0.25, 0.3) is 0 Å². The highest BCUT2D eigenvalue weighted by Gasteiger charge is 2.51. The molecule has 0 radical (unpaired) electrons. The van der Waals surface area contributed by atoms with Gasteiger partial charge >= 0.3 is 5.97 Å². The van der Waals surface area contributed by atoms with Crippen LogP contribution in [0.3, 0.4) is 0 Å². The number of carboxylic acids is 1. The van der Waals surface area contributed by atoms with Gasteiger partial charge in [-0.2, -0.15) is 0 Å². The molecule has 0 aliphatic heterocycles. The Morgan fingerprint density at radius 1 is 1.09 bits per heavy atom. The van der Waals surface area contributed by atoms with Crippen LogP contribution in [0.2, 0.25) is 0 Å². The molecule has 2 bridgehead atoms. The molecule has 0 saturated heterocycles. The van der Waals surface area contributed by atoms with Gasteiger partial charge in [0.1, 0.15) is 0 Å².